The van der Waals surface area contributed by atoms with Crippen molar-refractivity contribution in [2.45, 2.75) is 39.3 Å². The van der Waals surface area contributed by atoms with Crippen molar-refractivity contribution in [2.75, 3.05) is 11.9 Å². The maximum absolute atomic E-state index is 12.3. The summed E-state index contributed by atoms with van der Waals surface area (Å²) in [5.41, 5.74) is 1.95. The molecule has 128 valence electrons. The van der Waals surface area contributed by atoms with Crippen LogP contribution in [-0.4, -0.2) is 18.6 Å². The van der Waals surface area contributed by atoms with Gasteiger partial charge in [-0.05, 0) is 38.0 Å². The number of benzene rings is 2. The number of hydrogen-bond donors (Lipinski definition) is 2. The quantitative estimate of drug-likeness (QED) is 0.766. The van der Waals surface area contributed by atoms with Crippen LogP contribution in [0.5, 0.6) is 5.75 Å². The molecule has 0 aliphatic rings. The first-order valence-electron chi connectivity index (χ1n) is 8.44. The normalized spacial score (nSPS) is 11.8. The number of anilines is 1. The van der Waals surface area contributed by atoms with Crippen molar-refractivity contribution < 1.29 is 9.53 Å². The molecule has 0 saturated heterocycles. The van der Waals surface area contributed by atoms with Crippen LogP contribution in [0.3, 0.4) is 0 Å². The number of carbonyl (C=O) groups excluding carboxylic acids is 1. The first kappa shape index (κ1) is 17.9. The second-order valence-electron chi connectivity index (χ2n) is 5.96. The van der Waals surface area contributed by atoms with Gasteiger partial charge in [0.1, 0.15) is 5.75 Å². The Bertz CT molecular complexity index is 641. The first-order valence-corrected chi connectivity index (χ1v) is 8.44. The Hall–Kier alpha value is -2.49. The number of rotatable bonds is 8. The summed E-state index contributed by atoms with van der Waals surface area (Å²) in [6.45, 7) is 6.24. The number of nitrogens with one attached hydrogen (secondary N) is 2. The third-order valence-corrected chi connectivity index (χ3v) is 3.63. The highest BCUT2D eigenvalue weighted by molar-refractivity contribution is 5.81. The fourth-order valence-electron chi connectivity index (χ4n) is 2.50. The van der Waals surface area contributed by atoms with E-state index in [1.54, 1.807) is 0 Å². The topological polar surface area (TPSA) is 50.4 Å². The van der Waals surface area contributed by atoms with Crippen LogP contribution in [0.2, 0.25) is 0 Å². The highest BCUT2D eigenvalue weighted by atomic mass is 16.5. The van der Waals surface area contributed by atoms with Gasteiger partial charge in [-0.1, -0.05) is 49.4 Å². The van der Waals surface area contributed by atoms with E-state index in [1.165, 1.54) is 0 Å². The molecular formula is C20H26N2O2. The fourth-order valence-corrected chi connectivity index (χ4v) is 2.50. The summed E-state index contributed by atoms with van der Waals surface area (Å²) in [4.78, 5) is 12.3. The summed E-state index contributed by atoms with van der Waals surface area (Å²) in [6, 6.07) is 17.7. The Morgan fingerprint density at radius 3 is 2.38 bits per heavy atom. The Morgan fingerprint density at radius 1 is 1.04 bits per heavy atom. The Labute approximate surface area is 144 Å². The Morgan fingerprint density at radius 2 is 1.71 bits per heavy atom. The molecule has 24 heavy (non-hydrogen) atoms. The zero-order chi connectivity index (χ0) is 17.4. The van der Waals surface area contributed by atoms with Gasteiger partial charge in [0.2, 0.25) is 5.91 Å². The van der Waals surface area contributed by atoms with Crippen molar-refractivity contribution in [1.82, 2.24) is 5.32 Å². The Balaban J connectivity index is 1.93. The molecule has 0 aromatic heterocycles. The van der Waals surface area contributed by atoms with Crippen LogP contribution in [0.25, 0.3) is 0 Å². The van der Waals surface area contributed by atoms with Crippen molar-refractivity contribution in [3.63, 3.8) is 0 Å². The van der Waals surface area contributed by atoms with E-state index in [-0.39, 0.29) is 24.6 Å². The van der Waals surface area contributed by atoms with Gasteiger partial charge < -0.3 is 15.4 Å². The van der Waals surface area contributed by atoms with Crippen molar-refractivity contribution in [1.29, 1.82) is 0 Å². The summed E-state index contributed by atoms with van der Waals surface area (Å²) >= 11 is 0. The summed E-state index contributed by atoms with van der Waals surface area (Å²) in [5.74, 6) is 0.723. The second-order valence-corrected chi connectivity index (χ2v) is 5.96. The molecule has 2 rings (SSSR count). The van der Waals surface area contributed by atoms with Crippen LogP contribution >= 0.6 is 0 Å². The average molecular weight is 326 g/mol. The molecule has 1 unspecified atom stereocenters. The van der Waals surface area contributed by atoms with Crippen LogP contribution in [0.15, 0.2) is 54.6 Å². The summed E-state index contributed by atoms with van der Waals surface area (Å²) < 4.78 is 5.75. The van der Waals surface area contributed by atoms with Crippen LogP contribution in [0.1, 0.15) is 38.8 Å². The molecule has 2 aromatic carbocycles. The fraction of sp³-hybridized carbons (Fsp3) is 0.350. The number of carbonyl (C=O) groups is 1. The predicted octanol–water partition coefficient (Wildman–Crippen LogP) is 4.15. The van der Waals surface area contributed by atoms with Gasteiger partial charge in [0.25, 0.3) is 0 Å². The van der Waals surface area contributed by atoms with Gasteiger partial charge in [-0.2, -0.15) is 0 Å². The number of ether oxygens (including phenoxy) is 1. The smallest absolute Gasteiger partial charge is 0.239 e. The molecule has 4 nitrogen and oxygen atoms in total. The molecule has 1 atom stereocenters. The molecule has 0 spiro atoms. The molecule has 4 heteroatoms. The van der Waals surface area contributed by atoms with Crippen molar-refractivity contribution in [2.24, 2.45) is 0 Å². The zero-order valence-corrected chi connectivity index (χ0v) is 14.6. The lowest BCUT2D eigenvalue weighted by molar-refractivity contribution is -0.120. The SMILES string of the molecule is CCC(NC(=O)CNc1ccccc1OC(C)C)c1ccccc1. The van der Waals surface area contributed by atoms with Crippen molar-refractivity contribution in [3.05, 3.63) is 60.2 Å². The van der Waals surface area contributed by atoms with E-state index in [1.807, 2.05) is 68.4 Å². The van der Waals surface area contributed by atoms with Crippen LogP contribution < -0.4 is 15.4 Å². The number of amides is 1. The van der Waals surface area contributed by atoms with Gasteiger partial charge in [-0.25, -0.2) is 0 Å². The summed E-state index contributed by atoms with van der Waals surface area (Å²) in [6.07, 6.45) is 0.937. The molecule has 0 fully saturated rings. The van der Waals surface area contributed by atoms with Gasteiger partial charge in [-0.15, -0.1) is 0 Å². The van der Waals surface area contributed by atoms with Crippen molar-refractivity contribution in [3.8, 4) is 5.75 Å². The van der Waals surface area contributed by atoms with E-state index in [0.29, 0.717) is 0 Å². The van der Waals surface area contributed by atoms with Crippen LogP contribution in [-0.2, 0) is 4.79 Å². The van der Waals surface area contributed by atoms with E-state index in [2.05, 4.69) is 17.6 Å². The first-order chi connectivity index (χ1) is 11.6. The van der Waals surface area contributed by atoms with Crippen LogP contribution in [0.4, 0.5) is 5.69 Å². The minimum atomic E-state index is -0.0370. The third kappa shape index (κ3) is 5.30. The average Bonchev–Trinajstić information content (AvgIpc) is 2.59. The molecule has 0 radical (unpaired) electrons. The molecule has 0 aliphatic carbocycles. The van der Waals surface area contributed by atoms with Gasteiger partial charge in [0, 0.05) is 0 Å². The minimum absolute atomic E-state index is 0.0302. The maximum Gasteiger partial charge on any atom is 0.239 e. The molecule has 0 heterocycles. The molecular weight excluding hydrogens is 300 g/mol. The molecule has 0 saturated carbocycles. The lowest BCUT2D eigenvalue weighted by Gasteiger charge is -2.19. The minimum Gasteiger partial charge on any atom is -0.489 e. The van der Waals surface area contributed by atoms with E-state index in [0.717, 1.165) is 23.4 Å². The lowest BCUT2D eigenvalue weighted by Crippen LogP contribution is -2.33. The molecule has 1 amide bonds. The van der Waals surface area contributed by atoms with Crippen molar-refractivity contribution >= 4 is 11.6 Å². The largest absolute Gasteiger partial charge is 0.489 e. The second kappa shape index (κ2) is 8.96. The highest BCUT2D eigenvalue weighted by Crippen LogP contribution is 2.24. The number of hydrogen-bond acceptors (Lipinski definition) is 3. The van der Waals surface area contributed by atoms with Gasteiger partial charge in [0.15, 0.2) is 0 Å². The molecule has 2 N–H and O–H groups in total. The lowest BCUT2D eigenvalue weighted by atomic mass is 10.0. The van der Waals surface area contributed by atoms with Gasteiger partial charge >= 0.3 is 0 Å². The highest BCUT2D eigenvalue weighted by Gasteiger charge is 2.13. The zero-order valence-electron chi connectivity index (χ0n) is 14.6. The number of para-hydroxylation sites is 2. The molecule has 0 aliphatic heterocycles. The van der Waals surface area contributed by atoms with Gasteiger partial charge in [-0.3, -0.25) is 4.79 Å². The van der Waals surface area contributed by atoms with E-state index >= 15 is 0 Å². The monoisotopic (exact) mass is 326 g/mol. The Kier molecular flexibility index (Phi) is 6.67. The van der Waals surface area contributed by atoms with E-state index in [9.17, 15) is 4.79 Å². The molecule has 0 bridgehead atoms. The molecule has 2 aromatic rings. The van der Waals surface area contributed by atoms with Gasteiger partial charge in [0.05, 0.1) is 24.4 Å². The predicted molar refractivity (Wildman–Crippen MR) is 98.3 cm³/mol. The third-order valence-electron chi connectivity index (χ3n) is 3.63. The van der Waals surface area contributed by atoms with Crippen LogP contribution in [0, 0.1) is 0 Å². The standard InChI is InChI=1S/C20H26N2O2/c1-4-17(16-10-6-5-7-11-16)22-20(23)14-21-18-12-8-9-13-19(18)24-15(2)3/h5-13,15,17,21H,4,14H2,1-3H3,(H,22,23). The van der Waals surface area contributed by atoms with E-state index in [4.69, 9.17) is 4.74 Å². The summed E-state index contributed by atoms with van der Waals surface area (Å²) in [7, 11) is 0. The maximum atomic E-state index is 12.3. The van der Waals surface area contributed by atoms with E-state index < -0.39 is 0 Å². The summed E-state index contributed by atoms with van der Waals surface area (Å²) in [5, 5.41) is 6.23.